The fraction of sp³-hybridized carbons (Fsp3) is 0.231. The first kappa shape index (κ1) is 21.9. The molecule has 8 heteroatoms. The number of rotatable bonds is 7. The zero-order valence-electron chi connectivity index (χ0n) is 18.3. The minimum absolute atomic E-state index is 0.0150. The van der Waals surface area contributed by atoms with Gasteiger partial charge in [0.05, 0.1) is 18.9 Å². The fourth-order valence-corrected chi connectivity index (χ4v) is 4.09. The smallest absolute Gasteiger partial charge is 0.292 e. The van der Waals surface area contributed by atoms with Gasteiger partial charge in [-0.25, -0.2) is 4.39 Å². The molecule has 174 valence electrons. The van der Waals surface area contributed by atoms with Crippen LogP contribution in [0.4, 0.5) is 10.1 Å². The molecule has 4 aromatic rings. The number of fused-ring (bicyclic) bond motifs is 1. The van der Waals surface area contributed by atoms with Crippen LogP contribution in [-0.4, -0.2) is 36.0 Å². The second-order valence-electron chi connectivity index (χ2n) is 8.16. The maximum atomic E-state index is 13.7. The average molecular weight is 462 g/mol. The van der Waals surface area contributed by atoms with Crippen LogP contribution in [0, 0.1) is 5.82 Å². The molecule has 1 N–H and O–H groups in total. The van der Waals surface area contributed by atoms with Gasteiger partial charge in [0.15, 0.2) is 0 Å². The first-order valence-corrected chi connectivity index (χ1v) is 11.1. The molecule has 1 aliphatic heterocycles. The lowest BCUT2D eigenvalue weighted by molar-refractivity contribution is 0.0471. The van der Waals surface area contributed by atoms with Gasteiger partial charge in [-0.2, -0.15) is 0 Å². The topological polar surface area (TPSA) is 84.9 Å². The number of nitrogens with zero attached hydrogens (tertiary/aromatic N) is 1. The normalized spacial score (nSPS) is 15.5. The Bertz CT molecular complexity index is 1290. The highest BCUT2D eigenvalue weighted by molar-refractivity contribution is 6.14. The molecule has 2 amide bonds. The molecule has 1 fully saturated rings. The molecule has 34 heavy (non-hydrogen) atoms. The summed E-state index contributed by atoms with van der Waals surface area (Å²) >= 11 is 0. The Morgan fingerprint density at radius 2 is 1.88 bits per heavy atom. The summed E-state index contributed by atoms with van der Waals surface area (Å²) in [6.07, 6.45) is 3.27. The van der Waals surface area contributed by atoms with Gasteiger partial charge in [0.25, 0.3) is 11.8 Å². The van der Waals surface area contributed by atoms with Gasteiger partial charge in [-0.15, -0.1) is 0 Å². The number of anilines is 1. The number of halogens is 1. The van der Waals surface area contributed by atoms with Crippen molar-refractivity contribution in [3.63, 3.8) is 0 Å². The van der Waals surface area contributed by atoms with E-state index in [0.717, 1.165) is 12.8 Å². The zero-order valence-corrected chi connectivity index (χ0v) is 18.3. The van der Waals surface area contributed by atoms with E-state index in [2.05, 4.69) is 5.32 Å². The number of carbonyl (C=O) groups excluding carboxylic acids is 2. The van der Waals surface area contributed by atoms with E-state index < -0.39 is 17.6 Å². The van der Waals surface area contributed by atoms with Crippen LogP contribution in [0.2, 0.25) is 0 Å². The largest absolute Gasteiger partial charge is 0.467 e. The van der Waals surface area contributed by atoms with E-state index in [-0.39, 0.29) is 29.7 Å². The maximum absolute atomic E-state index is 13.7. The van der Waals surface area contributed by atoms with Crippen molar-refractivity contribution < 1.29 is 27.6 Å². The monoisotopic (exact) mass is 462 g/mol. The van der Waals surface area contributed by atoms with Gasteiger partial charge in [-0.3, -0.25) is 9.59 Å². The molecule has 1 aliphatic rings. The van der Waals surface area contributed by atoms with Crippen molar-refractivity contribution in [3.8, 4) is 0 Å². The van der Waals surface area contributed by atoms with E-state index in [1.807, 2.05) is 0 Å². The van der Waals surface area contributed by atoms with E-state index in [1.54, 1.807) is 47.6 Å². The number of amides is 2. The van der Waals surface area contributed by atoms with Crippen molar-refractivity contribution in [2.75, 3.05) is 18.5 Å². The van der Waals surface area contributed by atoms with Crippen LogP contribution in [0.1, 0.15) is 39.5 Å². The van der Waals surface area contributed by atoms with Gasteiger partial charge in [0, 0.05) is 24.1 Å². The Hall–Kier alpha value is -3.91. The highest BCUT2D eigenvalue weighted by atomic mass is 19.1. The van der Waals surface area contributed by atoms with Crippen LogP contribution in [-0.2, 0) is 11.3 Å². The van der Waals surface area contributed by atoms with Crippen molar-refractivity contribution in [2.45, 2.75) is 25.5 Å². The number of para-hydroxylation sites is 1. The molecule has 1 saturated heterocycles. The predicted octanol–water partition coefficient (Wildman–Crippen LogP) is 5.24. The summed E-state index contributed by atoms with van der Waals surface area (Å²) in [6.45, 7) is 1.26. The number of hydrogen-bond donors (Lipinski definition) is 1. The SMILES string of the molecule is O=C(Nc1c(C(=O)N(Cc2ccco2)CC2CCCO2)oc2ccccc12)c1ccc(F)cc1. The van der Waals surface area contributed by atoms with Gasteiger partial charge in [0.1, 0.15) is 22.8 Å². The number of benzene rings is 2. The van der Waals surface area contributed by atoms with Crippen molar-refractivity contribution in [1.29, 1.82) is 0 Å². The second kappa shape index (κ2) is 9.52. The fourth-order valence-electron chi connectivity index (χ4n) is 4.09. The van der Waals surface area contributed by atoms with Gasteiger partial charge in [-0.1, -0.05) is 12.1 Å². The molecule has 2 aromatic heterocycles. The second-order valence-corrected chi connectivity index (χ2v) is 8.16. The molecule has 5 rings (SSSR count). The van der Waals surface area contributed by atoms with Gasteiger partial charge >= 0.3 is 0 Å². The average Bonchev–Trinajstić information content (AvgIpc) is 3.61. The summed E-state index contributed by atoms with van der Waals surface area (Å²) in [6, 6.07) is 15.8. The number of furan rings is 2. The lowest BCUT2D eigenvalue weighted by atomic mass is 10.1. The first-order valence-electron chi connectivity index (χ1n) is 11.1. The molecule has 0 bridgehead atoms. The van der Waals surface area contributed by atoms with E-state index >= 15 is 0 Å². The minimum Gasteiger partial charge on any atom is -0.467 e. The van der Waals surface area contributed by atoms with E-state index in [1.165, 1.54) is 24.3 Å². The van der Waals surface area contributed by atoms with Crippen LogP contribution in [0.25, 0.3) is 11.0 Å². The summed E-state index contributed by atoms with van der Waals surface area (Å²) in [5.74, 6) is -0.667. The third-order valence-electron chi connectivity index (χ3n) is 5.80. The molecule has 0 radical (unpaired) electrons. The molecule has 2 aromatic carbocycles. The van der Waals surface area contributed by atoms with Crippen molar-refractivity contribution >= 4 is 28.5 Å². The van der Waals surface area contributed by atoms with Crippen LogP contribution in [0.5, 0.6) is 0 Å². The number of nitrogens with one attached hydrogen (secondary N) is 1. The van der Waals surface area contributed by atoms with Gasteiger partial charge in [-0.05, 0) is 61.4 Å². The van der Waals surface area contributed by atoms with Crippen LogP contribution in [0.3, 0.4) is 0 Å². The Labute approximate surface area is 195 Å². The summed E-state index contributed by atoms with van der Waals surface area (Å²) < 4.78 is 30.5. The lowest BCUT2D eigenvalue weighted by Gasteiger charge is -2.24. The van der Waals surface area contributed by atoms with E-state index in [0.29, 0.717) is 29.9 Å². The molecular weight excluding hydrogens is 439 g/mol. The molecule has 3 heterocycles. The maximum Gasteiger partial charge on any atom is 0.292 e. The Morgan fingerprint density at radius 3 is 2.62 bits per heavy atom. The number of hydrogen-bond acceptors (Lipinski definition) is 5. The summed E-state index contributed by atoms with van der Waals surface area (Å²) in [4.78, 5) is 28.3. The van der Waals surface area contributed by atoms with Crippen LogP contribution < -0.4 is 5.32 Å². The Kier molecular flexibility index (Phi) is 6.14. The van der Waals surface area contributed by atoms with Gasteiger partial charge in [0.2, 0.25) is 5.76 Å². The molecular formula is C26H23FN2O5. The molecule has 0 spiro atoms. The predicted molar refractivity (Wildman–Crippen MR) is 123 cm³/mol. The van der Waals surface area contributed by atoms with Crippen molar-refractivity contribution in [2.24, 2.45) is 0 Å². The van der Waals surface area contributed by atoms with Crippen molar-refractivity contribution in [1.82, 2.24) is 4.90 Å². The quantitative estimate of drug-likeness (QED) is 0.406. The molecule has 1 unspecified atom stereocenters. The van der Waals surface area contributed by atoms with E-state index in [9.17, 15) is 14.0 Å². The summed E-state index contributed by atoms with van der Waals surface area (Å²) in [5, 5.41) is 3.39. The van der Waals surface area contributed by atoms with E-state index in [4.69, 9.17) is 13.6 Å². The lowest BCUT2D eigenvalue weighted by Crippen LogP contribution is -2.37. The summed E-state index contributed by atoms with van der Waals surface area (Å²) in [5.41, 5.74) is 0.999. The Morgan fingerprint density at radius 1 is 1.06 bits per heavy atom. The standard InChI is InChI=1S/C26H23FN2O5/c27-18-11-9-17(10-12-18)25(30)28-23-21-7-1-2-8-22(21)34-24(23)26(31)29(15-19-5-3-13-32-19)16-20-6-4-14-33-20/h1-3,5,7-13,20H,4,6,14-16H2,(H,28,30). The molecule has 1 atom stereocenters. The highest BCUT2D eigenvalue weighted by Gasteiger charge is 2.30. The molecule has 7 nitrogen and oxygen atoms in total. The van der Waals surface area contributed by atoms with Crippen LogP contribution in [0.15, 0.2) is 75.8 Å². The molecule has 0 aliphatic carbocycles. The Balaban J connectivity index is 1.49. The van der Waals surface area contributed by atoms with Crippen LogP contribution >= 0.6 is 0 Å². The first-order chi connectivity index (χ1) is 16.6. The van der Waals surface area contributed by atoms with Crippen molar-refractivity contribution in [3.05, 3.63) is 89.8 Å². The minimum atomic E-state index is -0.475. The molecule has 0 saturated carbocycles. The van der Waals surface area contributed by atoms with Gasteiger partial charge < -0.3 is 23.8 Å². The summed E-state index contributed by atoms with van der Waals surface area (Å²) in [7, 11) is 0. The number of carbonyl (C=O) groups is 2. The third-order valence-corrected chi connectivity index (χ3v) is 5.80. The third kappa shape index (κ3) is 4.58. The number of ether oxygens (including phenoxy) is 1. The zero-order chi connectivity index (χ0) is 23.5. The highest BCUT2D eigenvalue weighted by Crippen LogP contribution is 2.33.